The van der Waals surface area contributed by atoms with Gasteiger partial charge in [-0.3, -0.25) is 0 Å². The number of hydrogen-bond acceptors (Lipinski definition) is 3. The third kappa shape index (κ3) is 3.26. The Labute approximate surface area is 146 Å². The van der Waals surface area contributed by atoms with Gasteiger partial charge in [-0.1, -0.05) is 6.07 Å². The van der Waals surface area contributed by atoms with Crippen LogP contribution in [0.2, 0.25) is 0 Å². The summed E-state index contributed by atoms with van der Waals surface area (Å²) < 4.78 is 12.9. The molecular weight excluding hydrogens is 318 g/mol. The maximum Gasteiger partial charge on any atom is 0.121 e. The molecule has 3 nitrogen and oxygen atoms in total. The normalized spacial score (nSPS) is 19.6. The van der Waals surface area contributed by atoms with E-state index in [1.165, 1.54) is 17.5 Å². The zero-order valence-corrected chi connectivity index (χ0v) is 15.6. The Morgan fingerprint density at radius 3 is 2.21 bits per heavy atom. The van der Waals surface area contributed by atoms with Crippen LogP contribution in [0.3, 0.4) is 0 Å². The average Bonchev–Trinajstić information content (AvgIpc) is 2.97. The van der Waals surface area contributed by atoms with E-state index in [4.69, 9.17) is 0 Å². The van der Waals surface area contributed by atoms with Gasteiger partial charge in [-0.2, -0.15) is 0 Å². The number of hydrogen-bond donors (Lipinski definition) is 1. The third-order valence-corrected chi connectivity index (χ3v) is 6.31. The van der Waals surface area contributed by atoms with Crippen LogP contribution in [-0.4, -0.2) is 34.4 Å². The molecule has 1 aliphatic rings. The molecule has 2 unspecified atom stereocenters. The van der Waals surface area contributed by atoms with E-state index in [0.29, 0.717) is 5.92 Å². The Morgan fingerprint density at radius 2 is 1.67 bits per heavy atom. The Bertz CT molecular complexity index is 777. The molecule has 0 bridgehead atoms. The molecule has 4 heteroatoms. The zero-order valence-electron chi connectivity index (χ0n) is 14.8. The van der Waals surface area contributed by atoms with Crippen LogP contribution in [0.25, 0.3) is 0 Å². The molecule has 0 amide bonds. The van der Waals surface area contributed by atoms with Gasteiger partial charge in [-0.25, -0.2) is 4.21 Å². The molecule has 1 heterocycles. The standard InChI is InChI=1S/C20H25NO2S/c1-13-9-17(5-6-19(13)16-7-8-21(4)12-16)24(23)18-10-14(2)20(22)15(3)11-18/h5-6,9-11,16,22H,7-8,12H2,1-4H3. The van der Waals surface area contributed by atoms with Gasteiger partial charge in [0.2, 0.25) is 0 Å². The van der Waals surface area contributed by atoms with Gasteiger partial charge in [-0.15, -0.1) is 0 Å². The molecule has 3 rings (SSSR count). The number of phenols is 1. The molecule has 128 valence electrons. The number of benzene rings is 2. The Kier molecular flexibility index (Phi) is 4.79. The van der Waals surface area contributed by atoms with Crippen molar-refractivity contribution in [3.05, 3.63) is 52.6 Å². The lowest BCUT2D eigenvalue weighted by atomic mass is 9.94. The van der Waals surface area contributed by atoms with Crippen molar-refractivity contribution in [1.82, 2.24) is 4.90 Å². The molecule has 1 saturated heterocycles. The van der Waals surface area contributed by atoms with E-state index < -0.39 is 10.8 Å². The summed E-state index contributed by atoms with van der Waals surface area (Å²) >= 11 is 0. The fourth-order valence-corrected chi connectivity index (χ4v) is 4.88. The minimum atomic E-state index is -1.22. The monoisotopic (exact) mass is 343 g/mol. The second-order valence-corrected chi connectivity index (χ2v) is 8.42. The lowest BCUT2D eigenvalue weighted by Crippen LogP contribution is -2.13. The second kappa shape index (κ2) is 6.69. The van der Waals surface area contributed by atoms with E-state index >= 15 is 0 Å². The molecule has 0 radical (unpaired) electrons. The topological polar surface area (TPSA) is 40.5 Å². The summed E-state index contributed by atoms with van der Waals surface area (Å²) in [6.45, 7) is 8.03. The fourth-order valence-electron chi connectivity index (χ4n) is 3.57. The third-order valence-electron chi connectivity index (χ3n) is 4.97. The van der Waals surface area contributed by atoms with Crippen LogP contribution >= 0.6 is 0 Å². The van der Waals surface area contributed by atoms with Crippen LogP contribution < -0.4 is 0 Å². The molecule has 0 saturated carbocycles. The molecule has 2 aromatic rings. The average molecular weight is 343 g/mol. The summed E-state index contributed by atoms with van der Waals surface area (Å²) in [5, 5.41) is 9.90. The van der Waals surface area contributed by atoms with Crippen LogP contribution in [0.5, 0.6) is 5.75 Å². The summed E-state index contributed by atoms with van der Waals surface area (Å²) in [4.78, 5) is 3.93. The maximum atomic E-state index is 12.9. The highest BCUT2D eigenvalue weighted by atomic mass is 32.2. The lowest BCUT2D eigenvalue weighted by Gasteiger charge is -2.15. The SMILES string of the molecule is Cc1cc(S(=O)c2cc(C)c(O)c(C)c2)ccc1C1CCN(C)C1. The van der Waals surface area contributed by atoms with Gasteiger partial charge in [0.1, 0.15) is 5.75 Å². The molecule has 0 aromatic heterocycles. The van der Waals surface area contributed by atoms with Crippen molar-refractivity contribution in [3.63, 3.8) is 0 Å². The first-order valence-corrected chi connectivity index (χ1v) is 9.53. The van der Waals surface area contributed by atoms with E-state index in [9.17, 15) is 9.32 Å². The largest absolute Gasteiger partial charge is 0.507 e. The first kappa shape index (κ1) is 17.2. The molecule has 1 N–H and O–H groups in total. The van der Waals surface area contributed by atoms with E-state index in [0.717, 1.165) is 34.0 Å². The van der Waals surface area contributed by atoms with Gasteiger partial charge in [0.05, 0.1) is 10.8 Å². The predicted octanol–water partition coefficient (Wildman–Crippen LogP) is 3.90. The van der Waals surface area contributed by atoms with Crippen LogP contribution in [0.1, 0.15) is 34.6 Å². The number of rotatable bonds is 3. The Morgan fingerprint density at radius 1 is 1.04 bits per heavy atom. The summed E-state index contributed by atoms with van der Waals surface area (Å²) in [7, 11) is 0.937. The smallest absolute Gasteiger partial charge is 0.121 e. The fraction of sp³-hybridized carbons (Fsp3) is 0.400. The highest BCUT2D eigenvalue weighted by Crippen LogP contribution is 2.31. The van der Waals surface area contributed by atoms with Gasteiger partial charge in [0.15, 0.2) is 0 Å². The van der Waals surface area contributed by atoms with Crippen molar-refractivity contribution >= 4 is 10.8 Å². The highest BCUT2D eigenvalue weighted by Gasteiger charge is 2.23. The molecule has 1 aliphatic heterocycles. The van der Waals surface area contributed by atoms with Gasteiger partial charge in [-0.05, 0) is 93.2 Å². The number of aromatic hydroxyl groups is 1. The molecule has 1 fully saturated rings. The summed E-state index contributed by atoms with van der Waals surface area (Å²) in [5.74, 6) is 0.864. The lowest BCUT2D eigenvalue weighted by molar-refractivity contribution is 0.411. The molecule has 24 heavy (non-hydrogen) atoms. The van der Waals surface area contributed by atoms with E-state index in [-0.39, 0.29) is 5.75 Å². The van der Waals surface area contributed by atoms with Gasteiger partial charge < -0.3 is 10.0 Å². The Hall–Kier alpha value is -1.65. The van der Waals surface area contributed by atoms with Crippen LogP contribution in [-0.2, 0) is 10.8 Å². The molecule has 0 aliphatic carbocycles. The highest BCUT2D eigenvalue weighted by molar-refractivity contribution is 7.85. The number of nitrogens with zero attached hydrogens (tertiary/aromatic N) is 1. The summed E-state index contributed by atoms with van der Waals surface area (Å²) in [6, 6.07) is 9.82. The van der Waals surface area contributed by atoms with E-state index in [2.05, 4.69) is 31.0 Å². The van der Waals surface area contributed by atoms with Crippen molar-refractivity contribution < 1.29 is 9.32 Å². The van der Waals surface area contributed by atoms with E-state index in [1.54, 1.807) is 0 Å². The number of aryl methyl sites for hydroxylation is 3. The number of likely N-dealkylation sites (tertiary alicyclic amines) is 1. The first-order valence-electron chi connectivity index (χ1n) is 8.38. The molecule has 2 atom stereocenters. The molecular formula is C20H25NO2S. The maximum absolute atomic E-state index is 12.9. The first-order chi connectivity index (χ1) is 11.4. The number of phenolic OH excluding ortho intramolecular Hbond substituents is 1. The van der Waals surface area contributed by atoms with Crippen molar-refractivity contribution in [2.24, 2.45) is 0 Å². The zero-order chi connectivity index (χ0) is 17.4. The van der Waals surface area contributed by atoms with Gasteiger partial charge >= 0.3 is 0 Å². The number of likely N-dealkylation sites (N-methyl/N-ethyl adjacent to an activating group) is 1. The minimum Gasteiger partial charge on any atom is -0.507 e. The van der Waals surface area contributed by atoms with E-state index in [1.807, 2.05) is 32.0 Å². The van der Waals surface area contributed by atoms with Crippen LogP contribution in [0.4, 0.5) is 0 Å². The van der Waals surface area contributed by atoms with Crippen LogP contribution in [0.15, 0.2) is 40.1 Å². The van der Waals surface area contributed by atoms with Crippen molar-refractivity contribution in [2.45, 2.75) is 42.9 Å². The predicted molar refractivity (Wildman–Crippen MR) is 98.3 cm³/mol. The van der Waals surface area contributed by atoms with Gasteiger partial charge in [0, 0.05) is 16.3 Å². The molecule has 2 aromatic carbocycles. The quantitative estimate of drug-likeness (QED) is 0.919. The second-order valence-electron chi connectivity index (χ2n) is 6.94. The van der Waals surface area contributed by atoms with Gasteiger partial charge in [0.25, 0.3) is 0 Å². The van der Waals surface area contributed by atoms with Crippen molar-refractivity contribution in [2.75, 3.05) is 20.1 Å². The molecule has 0 spiro atoms. The summed E-state index contributed by atoms with van der Waals surface area (Å²) in [5.41, 5.74) is 4.12. The summed E-state index contributed by atoms with van der Waals surface area (Å²) in [6.07, 6.45) is 1.19. The Balaban J connectivity index is 1.90. The minimum absolute atomic E-state index is 0.285. The van der Waals surface area contributed by atoms with Crippen LogP contribution in [0, 0.1) is 20.8 Å². The van der Waals surface area contributed by atoms with Crippen molar-refractivity contribution in [1.29, 1.82) is 0 Å². The van der Waals surface area contributed by atoms with Crippen molar-refractivity contribution in [3.8, 4) is 5.75 Å².